The fraction of sp³-hybridized carbons (Fsp3) is 1.00. The van der Waals surface area contributed by atoms with Crippen molar-refractivity contribution in [3.8, 4) is 0 Å². The van der Waals surface area contributed by atoms with Crippen molar-refractivity contribution in [2.24, 2.45) is 0 Å². The maximum absolute atomic E-state index is 11.2. The fourth-order valence-electron chi connectivity index (χ4n) is 1.59. The zero-order chi connectivity index (χ0) is 11.5. The molecule has 0 amide bonds. The van der Waals surface area contributed by atoms with Gasteiger partial charge in [0, 0.05) is 38.1 Å². The third kappa shape index (κ3) is 4.36. The van der Waals surface area contributed by atoms with E-state index in [4.69, 9.17) is 0 Å². The lowest BCUT2D eigenvalue weighted by Gasteiger charge is -2.33. The van der Waals surface area contributed by atoms with E-state index in [2.05, 4.69) is 20.8 Å². The largest absolute Gasteiger partial charge is 0.391 e. The average Bonchev–Trinajstić information content (AvgIpc) is 2.17. The van der Waals surface area contributed by atoms with Gasteiger partial charge < -0.3 is 5.11 Å². The Balaban J connectivity index is 2.36. The van der Waals surface area contributed by atoms with Gasteiger partial charge in [0.1, 0.15) is 0 Å². The molecule has 1 rings (SSSR count). The van der Waals surface area contributed by atoms with Crippen LogP contribution in [0.25, 0.3) is 0 Å². The lowest BCUT2D eigenvalue weighted by Crippen LogP contribution is -2.50. The molecule has 1 aliphatic rings. The first-order chi connectivity index (χ1) is 6.93. The van der Waals surface area contributed by atoms with Crippen molar-refractivity contribution in [1.29, 1.82) is 0 Å². The quantitative estimate of drug-likeness (QED) is 0.699. The van der Waals surface area contributed by atoms with Crippen LogP contribution in [0.2, 0.25) is 0 Å². The maximum atomic E-state index is 11.2. The molecule has 1 aliphatic heterocycles. The molecule has 7 heteroatoms. The summed E-state index contributed by atoms with van der Waals surface area (Å²) in [6.07, 6.45) is 0.852. The van der Waals surface area contributed by atoms with E-state index in [-0.39, 0.29) is 6.10 Å². The van der Waals surface area contributed by atoms with Gasteiger partial charge in [0.25, 0.3) is 0 Å². The van der Waals surface area contributed by atoms with E-state index in [0.29, 0.717) is 38.1 Å². The van der Waals surface area contributed by atoms with E-state index in [1.54, 1.807) is 0 Å². The van der Waals surface area contributed by atoms with Gasteiger partial charge >= 0.3 is 0 Å². The third-order valence-corrected chi connectivity index (χ3v) is 4.50. The highest BCUT2D eigenvalue weighted by Gasteiger charge is 2.23. The number of piperazine rings is 1. The molecule has 15 heavy (non-hydrogen) atoms. The summed E-state index contributed by atoms with van der Waals surface area (Å²) < 4.78 is 23.9. The van der Waals surface area contributed by atoms with Gasteiger partial charge in [-0.05, 0) is 0 Å². The van der Waals surface area contributed by atoms with Crippen molar-refractivity contribution in [2.75, 3.05) is 44.3 Å². The highest BCUT2D eigenvalue weighted by atomic mass is 79.9. The Morgan fingerprint density at radius 2 is 1.87 bits per heavy atom. The molecule has 0 aromatic heterocycles. The second kappa shape index (κ2) is 5.58. The molecule has 1 saturated heterocycles. The van der Waals surface area contributed by atoms with Crippen LogP contribution in [0.3, 0.4) is 0 Å². The number of sulfonamides is 1. The summed E-state index contributed by atoms with van der Waals surface area (Å²) in [5.41, 5.74) is 0. The molecular weight excluding hydrogens is 284 g/mol. The number of nitrogens with zero attached hydrogens (tertiary/aromatic N) is 2. The Morgan fingerprint density at radius 1 is 1.33 bits per heavy atom. The lowest BCUT2D eigenvalue weighted by molar-refractivity contribution is 0.106. The Kier molecular flexibility index (Phi) is 4.98. The molecule has 0 radical (unpaired) electrons. The summed E-state index contributed by atoms with van der Waals surface area (Å²) in [4.78, 5) is 2.08. The van der Waals surface area contributed by atoms with Crippen LogP contribution in [0.5, 0.6) is 0 Å². The predicted molar refractivity (Wildman–Crippen MR) is 62.7 cm³/mol. The zero-order valence-corrected chi connectivity index (χ0v) is 11.2. The summed E-state index contributed by atoms with van der Waals surface area (Å²) in [5.74, 6) is 0. The second-order valence-electron chi connectivity index (χ2n) is 3.77. The molecule has 0 bridgehead atoms. The Morgan fingerprint density at radius 3 is 2.27 bits per heavy atom. The van der Waals surface area contributed by atoms with Crippen LogP contribution in [0.15, 0.2) is 0 Å². The Hall–Kier alpha value is 0.310. The van der Waals surface area contributed by atoms with Crippen LogP contribution in [-0.2, 0) is 10.0 Å². The summed E-state index contributed by atoms with van der Waals surface area (Å²) in [5, 5.41) is 9.97. The van der Waals surface area contributed by atoms with E-state index in [9.17, 15) is 13.5 Å². The SMILES string of the molecule is CS(=O)(=O)N1CCN(CC(O)CBr)CC1. The van der Waals surface area contributed by atoms with Gasteiger partial charge in [-0.25, -0.2) is 8.42 Å². The maximum Gasteiger partial charge on any atom is 0.211 e. The first kappa shape index (κ1) is 13.4. The molecule has 1 N–H and O–H groups in total. The highest BCUT2D eigenvalue weighted by Crippen LogP contribution is 2.06. The van der Waals surface area contributed by atoms with E-state index >= 15 is 0 Å². The smallest absolute Gasteiger partial charge is 0.211 e. The van der Waals surface area contributed by atoms with Gasteiger partial charge in [-0.15, -0.1) is 0 Å². The lowest BCUT2D eigenvalue weighted by atomic mass is 10.3. The number of alkyl halides is 1. The molecule has 0 aromatic carbocycles. The summed E-state index contributed by atoms with van der Waals surface area (Å²) in [6, 6.07) is 0. The average molecular weight is 301 g/mol. The molecule has 1 atom stereocenters. The highest BCUT2D eigenvalue weighted by molar-refractivity contribution is 9.09. The van der Waals surface area contributed by atoms with Crippen molar-refractivity contribution in [3.63, 3.8) is 0 Å². The number of hydrogen-bond acceptors (Lipinski definition) is 4. The summed E-state index contributed by atoms with van der Waals surface area (Å²) in [7, 11) is -3.05. The van der Waals surface area contributed by atoms with Crippen LogP contribution in [-0.4, -0.2) is 73.1 Å². The van der Waals surface area contributed by atoms with Gasteiger partial charge in [0.2, 0.25) is 10.0 Å². The zero-order valence-electron chi connectivity index (χ0n) is 8.76. The van der Waals surface area contributed by atoms with Gasteiger partial charge in [0.15, 0.2) is 0 Å². The second-order valence-corrected chi connectivity index (χ2v) is 6.40. The Bertz CT molecular complexity index is 288. The minimum atomic E-state index is -3.05. The first-order valence-electron chi connectivity index (χ1n) is 4.85. The van der Waals surface area contributed by atoms with Gasteiger partial charge in [-0.2, -0.15) is 4.31 Å². The predicted octanol–water partition coefficient (Wildman–Crippen LogP) is -0.681. The van der Waals surface area contributed by atoms with Crippen molar-refractivity contribution >= 4 is 26.0 Å². The molecule has 1 heterocycles. The molecule has 0 saturated carbocycles. The number of β-amino-alcohol motifs (C(OH)–C–C–N with tert-alkyl or cyclic N) is 1. The molecule has 90 valence electrons. The molecule has 1 fully saturated rings. The molecule has 5 nitrogen and oxygen atoms in total. The van der Waals surface area contributed by atoms with E-state index in [0.717, 1.165) is 0 Å². The number of rotatable bonds is 4. The molecule has 0 spiro atoms. The normalized spacial score (nSPS) is 22.9. The van der Waals surface area contributed by atoms with Crippen LogP contribution < -0.4 is 0 Å². The van der Waals surface area contributed by atoms with Gasteiger partial charge in [-0.1, -0.05) is 15.9 Å². The molecule has 0 aliphatic carbocycles. The summed E-state index contributed by atoms with van der Waals surface area (Å²) >= 11 is 3.20. The van der Waals surface area contributed by atoms with Crippen LogP contribution in [0.1, 0.15) is 0 Å². The Labute approximate surface area is 99.2 Å². The molecule has 0 aromatic rings. The minimum Gasteiger partial charge on any atom is -0.391 e. The minimum absolute atomic E-state index is 0.380. The summed E-state index contributed by atoms with van der Waals surface area (Å²) in [6.45, 7) is 3.03. The van der Waals surface area contributed by atoms with Crippen LogP contribution in [0.4, 0.5) is 0 Å². The topological polar surface area (TPSA) is 60.9 Å². The van der Waals surface area contributed by atoms with Gasteiger partial charge in [-0.3, -0.25) is 4.90 Å². The van der Waals surface area contributed by atoms with Gasteiger partial charge in [0.05, 0.1) is 12.4 Å². The third-order valence-electron chi connectivity index (χ3n) is 2.45. The molecular formula is C8H17BrN2O3S. The van der Waals surface area contributed by atoms with E-state index < -0.39 is 10.0 Å². The monoisotopic (exact) mass is 300 g/mol. The van der Waals surface area contributed by atoms with Crippen LogP contribution >= 0.6 is 15.9 Å². The van der Waals surface area contributed by atoms with Crippen LogP contribution in [0, 0.1) is 0 Å². The first-order valence-corrected chi connectivity index (χ1v) is 7.82. The number of hydrogen-bond donors (Lipinski definition) is 1. The standard InChI is InChI=1S/C8H17BrN2O3S/c1-15(13,14)11-4-2-10(3-5-11)7-8(12)6-9/h8,12H,2-7H2,1H3. The number of aliphatic hydroxyl groups excluding tert-OH is 1. The van der Waals surface area contributed by atoms with Crippen molar-refractivity contribution < 1.29 is 13.5 Å². The van der Waals surface area contributed by atoms with Crippen molar-refractivity contribution in [3.05, 3.63) is 0 Å². The fourth-order valence-corrected chi connectivity index (χ4v) is 2.62. The number of halogens is 1. The number of aliphatic hydroxyl groups is 1. The van der Waals surface area contributed by atoms with Crippen molar-refractivity contribution in [1.82, 2.24) is 9.21 Å². The molecule has 1 unspecified atom stereocenters. The van der Waals surface area contributed by atoms with Crippen molar-refractivity contribution in [2.45, 2.75) is 6.10 Å². The van der Waals surface area contributed by atoms with E-state index in [1.165, 1.54) is 10.6 Å². The van der Waals surface area contributed by atoms with E-state index in [1.807, 2.05) is 0 Å².